The molecule has 0 atom stereocenters. The molecule has 2 aromatic rings. The zero-order chi connectivity index (χ0) is 17.4. The number of hydrogen-bond donors (Lipinski definition) is 3. The van der Waals surface area contributed by atoms with Crippen molar-refractivity contribution in [3.8, 4) is 0 Å². The van der Waals surface area contributed by atoms with Gasteiger partial charge in [0.1, 0.15) is 0 Å². The molecule has 2 rings (SSSR count). The predicted molar refractivity (Wildman–Crippen MR) is 113 cm³/mol. The lowest BCUT2D eigenvalue weighted by Gasteiger charge is -2.25. The van der Waals surface area contributed by atoms with Crippen LogP contribution in [0.4, 0.5) is 0 Å². The lowest BCUT2D eigenvalue weighted by molar-refractivity contribution is 0.0926. The minimum Gasteiger partial charge on any atom is -0.459 e. The maximum atomic E-state index is 11.7. The first-order chi connectivity index (χ1) is 11.5. The highest BCUT2D eigenvalue weighted by Crippen LogP contribution is 2.26. The molecule has 0 aliphatic carbocycles. The van der Waals surface area contributed by atoms with Gasteiger partial charge in [-0.3, -0.25) is 9.79 Å². The van der Waals surface area contributed by atoms with Gasteiger partial charge < -0.3 is 20.4 Å². The summed E-state index contributed by atoms with van der Waals surface area (Å²) in [4.78, 5) is 17.3. The number of guanidine groups is 1. The molecule has 0 radical (unpaired) electrons. The van der Waals surface area contributed by atoms with Crippen LogP contribution in [0.15, 0.2) is 45.3 Å². The number of nitrogens with zero attached hydrogens (tertiary/aromatic N) is 1. The standard InChI is InChI=1S/C17H24N4O2S.HI/c1-17(2,14-7-5-11-24-14)12-21-16(18-3)20-9-8-19-15(22)13-6-4-10-23-13;/h4-7,10-11H,8-9,12H2,1-3H3,(H,19,22)(H2,18,20,21);1H. The lowest BCUT2D eigenvalue weighted by atomic mass is 9.91. The summed E-state index contributed by atoms with van der Waals surface area (Å²) in [5, 5.41) is 11.4. The first-order valence-corrected chi connectivity index (χ1v) is 8.71. The van der Waals surface area contributed by atoms with E-state index in [0.717, 1.165) is 6.54 Å². The molecular weight excluding hydrogens is 451 g/mol. The molecular formula is C17H25IN4O2S. The van der Waals surface area contributed by atoms with Gasteiger partial charge in [-0.25, -0.2) is 0 Å². The molecule has 1 amide bonds. The molecule has 2 aromatic heterocycles. The maximum Gasteiger partial charge on any atom is 0.287 e. The summed E-state index contributed by atoms with van der Waals surface area (Å²) in [6, 6.07) is 7.54. The fourth-order valence-corrected chi connectivity index (χ4v) is 2.98. The van der Waals surface area contributed by atoms with Crippen LogP contribution in [0.2, 0.25) is 0 Å². The second-order valence-corrected chi connectivity index (χ2v) is 6.89. The van der Waals surface area contributed by atoms with E-state index in [1.54, 1.807) is 30.5 Å². The van der Waals surface area contributed by atoms with Gasteiger partial charge >= 0.3 is 0 Å². The van der Waals surface area contributed by atoms with Crippen molar-refractivity contribution < 1.29 is 9.21 Å². The van der Waals surface area contributed by atoms with Crippen molar-refractivity contribution in [1.29, 1.82) is 0 Å². The van der Waals surface area contributed by atoms with Crippen molar-refractivity contribution in [3.05, 3.63) is 46.5 Å². The number of rotatable bonds is 7. The summed E-state index contributed by atoms with van der Waals surface area (Å²) in [5.74, 6) is 0.811. The van der Waals surface area contributed by atoms with Gasteiger partial charge in [-0.1, -0.05) is 19.9 Å². The van der Waals surface area contributed by atoms with Gasteiger partial charge in [0.15, 0.2) is 11.7 Å². The third-order valence-electron chi connectivity index (χ3n) is 3.56. The molecule has 0 aliphatic heterocycles. The fraction of sp³-hybridized carbons (Fsp3) is 0.412. The van der Waals surface area contributed by atoms with E-state index in [2.05, 4.69) is 52.3 Å². The molecule has 0 saturated carbocycles. The molecule has 138 valence electrons. The van der Waals surface area contributed by atoms with Gasteiger partial charge in [0, 0.05) is 37.0 Å². The number of furan rings is 1. The van der Waals surface area contributed by atoms with Crippen LogP contribution in [0.1, 0.15) is 29.3 Å². The molecule has 0 aromatic carbocycles. The van der Waals surface area contributed by atoms with Crippen LogP contribution in [0.3, 0.4) is 0 Å². The van der Waals surface area contributed by atoms with Crippen LogP contribution in [-0.4, -0.2) is 38.5 Å². The van der Waals surface area contributed by atoms with Crippen molar-refractivity contribution in [1.82, 2.24) is 16.0 Å². The molecule has 0 fully saturated rings. The van der Waals surface area contributed by atoms with Crippen molar-refractivity contribution in [2.45, 2.75) is 19.3 Å². The monoisotopic (exact) mass is 476 g/mol. The first-order valence-electron chi connectivity index (χ1n) is 7.83. The van der Waals surface area contributed by atoms with Crippen molar-refractivity contribution in [3.63, 3.8) is 0 Å². The summed E-state index contributed by atoms with van der Waals surface area (Å²) in [6.07, 6.45) is 1.48. The van der Waals surface area contributed by atoms with Gasteiger partial charge in [-0.05, 0) is 23.6 Å². The van der Waals surface area contributed by atoms with E-state index in [4.69, 9.17) is 4.42 Å². The van der Waals surface area contributed by atoms with Crippen molar-refractivity contribution in [2.24, 2.45) is 4.99 Å². The average molecular weight is 476 g/mol. The Hall–Kier alpha value is -1.55. The van der Waals surface area contributed by atoms with E-state index in [1.807, 2.05) is 0 Å². The number of hydrogen-bond acceptors (Lipinski definition) is 4. The van der Waals surface area contributed by atoms with Gasteiger partial charge in [0.25, 0.3) is 5.91 Å². The largest absolute Gasteiger partial charge is 0.459 e. The highest BCUT2D eigenvalue weighted by molar-refractivity contribution is 14.0. The zero-order valence-corrected chi connectivity index (χ0v) is 17.8. The van der Waals surface area contributed by atoms with Crippen LogP contribution >= 0.6 is 35.3 Å². The quantitative estimate of drug-likeness (QED) is 0.249. The van der Waals surface area contributed by atoms with Crippen LogP contribution < -0.4 is 16.0 Å². The molecule has 0 unspecified atom stereocenters. The number of thiophene rings is 1. The summed E-state index contributed by atoms with van der Waals surface area (Å²) in [7, 11) is 1.73. The second kappa shape index (κ2) is 10.4. The molecule has 6 nitrogen and oxygen atoms in total. The zero-order valence-electron chi connectivity index (χ0n) is 14.7. The van der Waals surface area contributed by atoms with E-state index in [0.29, 0.717) is 24.8 Å². The minimum atomic E-state index is -0.219. The number of nitrogens with one attached hydrogen (secondary N) is 3. The van der Waals surface area contributed by atoms with Gasteiger partial charge in [-0.2, -0.15) is 0 Å². The minimum absolute atomic E-state index is 0. The number of carbonyl (C=O) groups is 1. The highest BCUT2D eigenvalue weighted by atomic mass is 127. The Kier molecular flexibility index (Phi) is 8.98. The Morgan fingerprint density at radius 2 is 1.96 bits per heavy atom. The summed E-state index contributed by atoms with van der Waals surface area (Å²) >= 11 is 1.76. The van der Waals surface area contributed by atoms with Crippen LogP contribution in [0.25, 0.3) is 0 Å². The number of amides is 1. The summed E-state index contributed by atoms with van der Waals surface area (Å²) in [5.41, 5.74) is 0.0271. The Bertz CT molecular complexity index is 654. The third-order valence-corrected chi connectivity index (χ3v) is 4.79. The maximum absolute atomic E-state index is 11.7. The van der Waals surface area contributed by atoms with E-state index in [-0.39, 0.29) is 35.3 Å². The van der Waals surface area contributed by atoms with Gasteiger partial charge in [0.2, 0.25) is 0 Å². The van der Waals surface area contributed by atoms with E-state index >= 15 is 0 Å². The number of carbonyl (C=O) groups excluding carboxylic acids is 1. The Morgan fingerprint density at radius 1 is 1.20 bits per heavy atom. The number of halogens is 1. The number of aliphatic imine (C=N–C) groups is 1. The first kappa shape index (κ1) is 21.5. The molecule has 0 bridgehead atoms. The summed E-state index contributed by atoms with van der Waals surface area (Å²) < 4.78 is 5.04. The lowest BCUT2D eigenvalue weighted by Crippen LogP contribution is -2.45. The molecule has 0 spiro atoms. The molecule has 25 heavy (non-hydrogen) atoms. The normalized spacial score (nSPS) is 11.6. The fourth-order valence-electron chi connectivity index (χ4n) is 2.13. The molecule has 0 saturated heterocycles. The predicted octanol–water partition coefficient (Wildman–Crippen LogP) is 2.83. The smallest absolute Gasteiger partial charge is 0.287 e. The Labute approximate surface area is 169 Å². The molecule has 2 heterocycles. The third kappa shape index (κ3) is 6.69. The van der Waals surface area contributed by atoms with Crippen molar-refractivity contribution >= 4 is 47.2 Å². The van der Waals surface area contributed by atoms with E-state index in [9.17, 15) is 4.79 Å². The van der Waals surface area contributed by atoms with E-state index < -0.39 is 0 Å². The average Bonchev–Trinajstić information content (AvgIpc) is 3.27. The van der Waals surface area contributed by atoms with Crippen LogP contribution in [0.5, 0.6) is 0 Å². The SMILES string of the molecule is CN=C(NCCNC(=O)c1ccco1)NCC(C)(C)c1cccs1.I. The van der Waals surface area contributed by atoms with Crippen LogP contribution in [0, 0.1) is 0 Å². The second-order valence-electron chi connectivity index (χ2n) is 5.95. The topological polar surface area (TPSA) is 78.7 Å². The molecule has 0 aliphatic rings. The van der Waals surface area contributed by atoms with E-state index in [1.165, 1.54) is 11.1 Å². The highest BCUT2D eigenvalue weighted by Gasteiger charge is 2.21. The Morgan fingerprint density at radius 3 is 2.56 bits per heavy atom. The van der Waals surface area contributed by atoms with Gasteiger partial charge in [-0.15, -0.1) is 35.3 Å². The summed E-state index contributed by atoms with van der Waals surface area (Å²) in [6.45, 7) is 6.22. The Balaban J connectivity index is 0.00000312. The molecule has 3 N–H and O–H groups in total. The van der Waals surface area contributed by atoms with Crippen molar-refractivity contribution in [2.75, 3.05) is 26.7 Å². The molecule has 8 heteroatoms. The van der Waals surface area contributed by atoms with Crippen LogP contribution in [-0.2, 0) is 5.41 Å². The van der Waals surface area contributed by atoms with Gasteiger partial charge in [0.05, 0.1) is 6.26 Å².